The van der Waals surface area contributed by atoms with Crippen LogP contribution in [0.4, 0.5) is 5.69 Å². The van der Waals surface area contributed by atoms with Crippen LogP contribution in [0.25, 0.3) is 0 Å². The summed E-state index contributed by atoms with van der Waals surface area (Å²) in [4.78, 5) is 10.4. The Kier molecular flexibility index (Phi) is 7.00. The van der Waals surface area contributed by atoms with Crippen molar-refractivity contribution in [2.45, 2.75) is 45.4 Å². The summed E-state index contributed by atoms with van der Waals surface area (Å²) in [6, 6.07) is 26.4. The van der Waals surface area contributed by atoms with E-state index < -0.39 is 0 Å². The highest BCUT2D eigenvalue weighted by Crippen LogP contribution is 2.34. The maximum atomic E-state index is 6.37. The van der Waals surface area contributed by atoms with Crippen molar-refractivity contribution < 1.29 is 0 Å². The zero-order chi connectivity index (χ0) is 23.5. The highest BCUT2D eigenvalue weighted by molar-refractivity contribution is 6.30. The van der Waals surface area contributed by atoms with Gasteiger partial charge in [-0.3, -0.25) is 4.90 Å². The fourth-order valence-electron chi connectivity index (χ4n) is 5.24. The SMILES string of the molecule is CCC(C1=Nc2cc(Cl)ccc2CN1Cc1ccccc1)N1CCNCC1c1ccc(C)cc1. The summed E-state index contributed by atoms with van der Waals surface area (Å²) in [5.74, 6) is 1.15. The highest BCUT2D eigenvalue weighted by atomic mass is 35.5. The molecule has 3 aromatic rings. The van der Waals surface area contributed by atoms with Crippen molar-refractivity contribution in [1.82, 2.24) is 15.1 Å². The first kappa shape index (κ1) is 23.1. The number of fused-ring (bicyclic) bond motifs is 1. The summed E-state index contributed by atoms with van der Waals surface area (Å²) >= 11 is 6.37. The van der Waals surface area contributed by atoms with E-state index in [2.05, 4.69) is 89.6 Å². The molecule has 34 heavy (non-hydrogen) atoms. The molecular formula is C29H33ClN4. The van der Waals surface area contributed by atoms with Gasteiger partial charge in [0.15, 0.2) is 0 Å². The Morgan fingerprint density at radius 3 is 2.62 bits per heavy atom. The van der Waals surface area contributed by atoms with Gasteiger partial charge in [-0.15, -0.1) is 0 Å². The first-order valence-corrected chi connectivity index (χ1v) is 12.7. The van der Waals surface area contributed by atoms with Crippen LogP contribution >= 0.6 is 11.6 Å². The van der Waals surface area contributed by atoms with Gasteiger partial charge in [0.05, 0.1) is 11.7 Å². The van der Waals surface area contributed by atoms with Gasteiger partial charge in [-0.2, -0.15) is 0 Å². The Hall–Kier alpha value is -2.66. The van der Waals surface area contributed by atoms with E-state index in [1.165, 1.54) is 22.3 Å². The molecule has 0 saturated carbocycles. The van der Waals surface area contributed by atoms with Crippen molar-refractivity contribution in [3.63, 3.8) is 0 Å². The van der Waals surface area contributed by atoms with Crippen LogP contribution in [0.3, 0.4) is 0 Å². The Labute approximate surface area is 208 Å². The molecule has 0 aliphatic carbocycles. The molecule has 1 saturated heterocycles. The Morgan fingerprint density at radius 1 is 1.06 bits per heavy atom. The van der Waals surface area contributed by atoms with Gasteiger partial charge >= 0.3 is 0 Å². The van der Waals surface area contributed by atoms with E-state index in [0.717, 1.165) is 55.7 Å². The smallest absolute Gasteiger partial charge is 0.123 e. The molecule has 2 aliphatic heterocycles. The normalized spacial score (nSPS) is 19.4. The van der Waals surface area contributed by atoms with Gasteiger partial charge in [-0.05, 0) is 42.2 Å². The molecule has 0 spiro atoms. The molecule has 5 rings (SSSR count). The molecule has 3 aromatic carbocycles. The number of rotatable bonds is 6. The molecule has 2 atom stereocenters. The van der Waals surface area contributed by atoms with E-state index in [4.69, 9.17) is 16.6 Å². The number of halogens is 1. The van der Waals surface area contributed by atoms with E-state index in [0.29, 0.717) is 6.04 Å². The number of nitrogens with zero attached hydrogens (tertiary/aromatic N) is 3. The largest absolute Gasteiger partial charge is 0.350 e. The molecule has 4 nitrogen and oxygen atoms in total. The minimum Gasteiger partial charge on any atom is -0.350 e. The molecule has 0 radical (unpaired) electrons. The molecule has 1 fully saturated rings. The molecule has 2 unspecified atom stereocenters. The fraction of sp³-hybridized carbons (Fsp3) is 0.345. The Morgan fingerprint density at radius 2 is 1.85 bits per heavy atom. The van der Waals surface area contributed by atoms with Crippen molar-refractivity contribution in [1.29, 1.82) is 0 Å². The van der Waals surface area contributed by atoms with Crippen LogP contribution < -0.4 is 5.32 Å². The lowest BCUT2D eigenvalue weighted by molar-refractivity contribution is 0.126. The third-order valence-electron chi connectivity index (χ3n) is 7.02. The average molecular weight is 473 g/mol. The Bertz CT molecular complexity index is 1140. The lowest BCUT2D eigenvalue weighted by Gasteiger charge is -2.45. The predicted octanol–water partition coefficient (Wildman–Crippen LogP) is 6.12. The summed E-state index contributed by atoms with van der Waals surface area (Å²) in [6.45, 7) is 9.07. The van der Waals surface area contributed by atoms with E-state index in [-0.39, 0.29) is 6.04 Å². The van der Waals surface area contributed by atoms with Gasteiger partial charge in [0.25, 0.3) is 0 Å². The molecule has 176 valence electrons. The van der Waals surface area contributed by atoms with Crippen molar-refractivity contribution in [3.8, 4) is 0 Å². The van der Waals surface area contributed by atoms with Crippen LogP contribution in [-0.4, -0.2) is 41.3 Å². The quantitative estimate of drug-likeness (QED) is 0.469. The number of hydrogen-bond acceptors (Lipinski definition) is 4. The maximum absolute atomic E-state index is 6.37. The van der Waals surface area contributed by atoms with Gasteiger partial charge < -0.3 is 10.2 Å². The number of aryl methyl sites for hydroxylation is 1. The van der Waals surface area contributed by atoms with Crippen molar-refractivity contribution in [2.24, 2.45) is 4.99 Å². The number of nitrogens with one attached hydrogen (secondary N) is 1. The lowest BCUT2D eigenvalue weighted by atomic mass is 9.97. The number of benzene rings is 3. The van der Waals surface area contributed by atoms with Crippen molar-refractivity contribution in [2.75, 3.05) is 19.6 Å². The lowest BCUT2D eigenvalue weighted by Crippen LogP contribution is -2.56. The van der Waals surface area contributed by atoms with E-state index >= 15 is 0 Å². The standard InChI is InChI=1S/C29H33ClN4/c1-3-27(34-16-15-31-18-28(34)23-11-9-21(2)10-12-23)29-32-26-17-25(30)14-13-24(26)20-33(29)19-22-7-5-4-6-8-22/h4-14,17,27-28,31H,3,15-16,18-20H2,1-2H3. The molecule has 2 aliphatic rings. The summed E-state index contributed by atoms with van der Waals surface area (Å²) in [5, 5.41) is 4.36. The second-order valence-corrected chi connectivity index (χ2v) is 9.81. The van der Waals surface area contributed by atoms with Crippen molar-refractivity contribution >= 4 is 23.1 Å². The molecular weight excluding hydrogens is 440 g/mol. The number of amidine groups is 1. The van der Waals surface area contributed by atoms with E-state index in [9.17, 15) is 0 Å². The summed E-state index contributed by atoms with van der Waals surface area (Å²) in [7, 11) is 0. The van der Waals surface area contributed by atoms with Crippen LogP contribution in [0, 0.1) is 6.92 Å². The van der Waals surface area contributed by atoms with Crippen LogP contribution in [0.1, 0.15) is 41.6 Å². The number of hydrogen-bond donors (Lipinski definition) is 1. The monoisotopic (exact) mass is 472 g/mol. The predicted molar refractivity (Wildman–Crippen MR) is 142 cm³/mol. The summed E-state index contributed by atoms with van der Waals surface area (Å²) in [5.41, 5.74) is 6.20. The molecule has 0 bridgehead atoms. The molecule has 0 amide bonds. The van der Waals surface area contributed by atoms with Crippen LogP contribution in [0.2, 0.25) is 5.02 Å². The second-order valence-electron chi connectivity index (χ2n) is 9.38. The van der Waals surface area contributed by atoms with Crippen LogP contribution in [-0.2, 0) is 13.1 Å². The van der Waals surface area contributed by atoms with E-state index in [1.54, 1.807) is 0 Å². The van der Waals surface area contributed by atoms with Gasteiger partial charge in [0.2, 0.25) is 0 Å². The van der Waals surface area contributed by atoms with Crippen molar-refractivity contribution in [3.05, 3.63) is 100 Å². The van der Waals surface area contributed by atoms with Crippen LogP contribution in [0.5, 0.6) is 0 Å². The van der Waals surface area contributed by atoms with Gasteiger partial charge in [0, 0.05) is 43.8 Å². The van der Waals surface area contributed by atoms with Gasteiger partial charge in [-0.1, -0.05) is 84.8 Å². The van der Waals surface area contributed by atoms with E-state index in [1.807, 2.05) is 12.1 Å². The second kappa shape index (κ2) is 10.3. The number of aliphatic imine (C=N–C) groups is 1. The molecule has 0 aromatic heterocycles. The topological polar surface area (TPSA) is 30.9 Å². The third-order valence-corrected chi connectivity index (χ3v) is 7.25. The minimum absolute atomic E-state index is 0.226. The third kappa shape index (κ3) is 4.90. The zero-order valence-corrected chi connectivity index (χ0v) is 20.8. The zero-order valence-electron chi connectivity index (χ0n) is 20.0. The highest BCUT2D eigenvalue weighted by Gasteiger charge is 2.35. The van der Waals surface area contributed by atoms with Crippen LogP contribution in [0.15, 0.2) is 77.8 Å². The maximum Gasteiger partial charge on any atom is 0.123 e. The number of piperazine rings is 1. The Balaban J connectivity index is 1.53. The van der Waals surface area contributed by atoms with Gasteiger partial charge in [0.1, 0.15) is 5.84 Å². The summed E-state index contributed by atoms with van der Waals surface area (Å²) < 4.78 is 0. The molecule has 2 heterocycles. The van der Waals surface area contributed by atoms with Gasteiger partial charge in [-0.25, -0.2) is 4.99 Å². The molecule has 5 heteroatoms. The molecule has 1 N–H and O–H groups in total. The minimum atomic E-state index is 0.226. The first-order chi connectivity index (χ1) is 16.6. The summed E-state index contributed by atoms with van der Waals surface area (Å²) in [6.07, 6.45) is 1.00. The fourth-order valence-corrected chi connectivity index (χ4v) is 5.40. The first-order valence-electron chi connectivity index (χ1n) is 12.3. The average Bonchev–Trinajstić information content (AvgIpc) is 2.86.